The van der Waals surface area contributed by atoms with Gasteiger partial charge in [-0.05, 0) is 43.9 Å². The van der Waals surface area contributed by atoms with Gasteiger partial charge >= 0.3 is 0 Å². The number of hydrogen-bond acceptors (Lipinski definition) is 2. The Bertz CT molecular complexity index is 311. The molecular weight excluding hydrogens is 214 g/mol. The van der Waals surface area contributed by atoms with Crippen molar-refractivity contribution < 1.29 is 9.53 Å². The molecule has 1 aliphatic heterocycles. The average molecular weight is 237 g/mol. The van der Waals surface area contributed by atoms with Crippen molar-refractivity contribution in [3.8, 4) is 0 Å². The number of hydrogen-bond donors (Lipinski definition) is 1. The van der Waals surface area contributed by atoms with E-state index in [1.165, 1.54) is 32.1 Å². The third kappa shape index (κ3) is 1.99. The second-order valence-corrected chi connectivity index (χ2v) is 6.46. The molecule has 0 unspecified atom stereocenters. The van der Waals surface area contributed by atoms with Crippen LogP contribution in [0.2, 0.25) is 0 Å². The van der Waals surface area contributed by atoms with Gasteiger partial charge < -0.3 is 10.1 Å². The fourth-order valence-electron chi connectivity index (χ4n) is 3.92. The molecule has 3 heteroatoms. The highest BCUT2D eigenvalue weighted by Crippen LogP contribution is 2.47. The van der Waals surface area contributed by atoms with Crippen LogP contribution in [0.15, 0.2) is 0 Å². The zero-order valence-corrected chi connectivity index (χ0v) is 10.7. The average Bonchev–Trinajstić information content (AvgIpc) is 2.85. The summed E-state index contributed by atoms with van der Waals surface area (Å²) in [5.41, 5.74) is -0.242. The van der Waals surface area contributed by atoms with Gasteiger partial charge in [-0.2, -0.15) is 0 Å². The van der Waals surface area contributed by atoms with Crippen molar-refractivity contribution in [3.63, 3.8) is 0 Å². The van der Waals surface area contributed by atoms with Gasteiger partial charge in [0.2, 0.25) is 5.91 Å². The number of rotatable bonds is 3. The monoisotopic (exact) mass is 237 g/mol. The smallest absolute Gasteiger partial charge is 0.230 e. The molecular formula is C14H23NO2. The van der Waals surface area contributed by atoms with Crippen LogP contribution in [0, 0.1) is 23.2 Å². The quantitative estimate of drug-likeness (QED) is 0.815. The van der Waals surface area contributed by atoms with Gasteiger partial charge in [-0.15, -0.1) is 0 Å². The van der Waals surface area contributed by atoms with Crippen molar-refractivity contribution in [2.75, 3.05) is 19.8 Å². The molecule has 3 atom stereocenters. The Balaban J connectivity index is 1.49. The SMILES string of the molecule is CC1(C(=O)NC[C@H]2CC[C@@H]3CCC[C@@H]32)COC1. The second kappa shape index (κ2) is 4.27. The summed E-state index contributed by atoms with van der Waals surface area (Å²) in [6, 6.07) is 0. The van der Waals surface area contributed by atoms with Crippen LogP contribution in [-0.4, -0.2) is 25.7 Å². The van der Waals surface area contributed by atoms with E-state index < -0.39 is 0 Å². The first kappa shape index (κ1) is 11.5. The third-order valence-corrected chi connectivity index (χ3v) is 5.15. The zero-order valence-electron chi connectivity index (χ0n) is 10.7. The molecule has 2 saturated carbocycles. The number of carbonyl (C=O) groups excluding carboxylic acids is 1. The summed E-state index contributed by atoms with van der Waals surface area (Å²) in [5, 5.41) is 3.16. The molecule has 17 heavy (non-hydrogen) atoms. The molecule has 0 aromatic carbocycles. The largest absolute Gasteiger partial charge is 0.379 e. The van der Waals surface area contributed by atoms with Crippen molar-refractivity contribution in [2.24, 2.45) is 23.2 Å². The van der Waals surface area contributed by atoms with Crippen LogP contribution in [0.25, 0.3) is 0 Å². The molecule has 0 bridgehead atoms. The molecule has 3 rings (SSSR count). The van der Waals surface area contributed by atoms with E-state index in [0.29, 0.717) is 13.2 Å². The van der Waals surface area contributed by atoms with Gasteiger partial charge in [0, 0.05) is 6.54 Å². The van der Waals surface area contributed by atoms with Crippen molar-refractivity contribution in [1.82, 2.24) is 5.32 Å². The highest BCUT2D eigenvalue weighted by Gasteiger charge is 2.43. The lowest BCUT2D eigenvalue weighted by molar-refractivity contribution is -0.157. The van der Waals surface area contributed by atoms with Gasteiger partial charge in [0.15, 0.2) is 0 Å². The Hall–Kier alpha value is -0.570. The molecule has 3 aliphatic rings. The third-order valence-electron chi connectivity index (χ3n) is 5.15. The number of carbonyl (C=O) groups is 1. The summed E-state index contributed by atoms with van der Waals surface area (Å²) in [6.07, 6.45) is 6.95. The van der Waals surface area contributed by atoms with Gasteiger partial charge in [0.05, 0.1) is 18.6 Å². The van der Waals surface area contributed by atoms with Gasteiger partial charge in [-0.25, -0.2) is 0 Å². The van der Waals surface area contributed by atoms with Crippen LogP contribution in [0.5, 0.6) is 0 Å². The van der Waals surface area contributed by atoms with E-state index in [4.69, 9.17) is 4.74 Å². The van der Waals surface area contributed by atoms with E-state index in [-0.39, 0.29) is 11.3 Å². The summed E-state index contributed by atoms with van der Waals surface area (Å²) in [7, 11) is 0. The van der Waals surface area contributed by atoms with Gasteiger partial charge in [-0.3, -0.25) is 4.79 Å². The number of fused-ring (bicyclic) bond motifs is 1. The maximum absolute atomic E-state index is 12.0. The Labute approximate surface area is 103 Å². The highest BCUT2D eigenvalue weighted by molar-refractivity contribution is 5.83. The van der Waals surface area contributed by atoms with E-state index in [9.17, 15) is 4.79 Å². The molecule has 1 amide bonds. The molecule has 96 valence electrons. The number of ether oxygens (including phenoxy) is 1. The summed E-state index contributed by atoms with van der Waals surface area (Å²) in [6.45, 7) is 4.08. The lowest BCUT2D eigenvalue weighted by Crippen LogP contribution is -2.52. The minimum Gasteiger partial charge on any atom is -0.379 e. The zero-order chi connectivity index (χ0) is 11.9. The predicted octanol–water partition coefficient (Wildman–Crippen LogP) is 1.97. The van der Waals surface area contributed by atoms with Gasteiger partial charge in [0.25, 0.3) is 0 Å². The van der Waals surface area contributed by atoms with Crippen LogP contribution in [0.1, 0.15) is 39.0 Å². The van der Waals surface area contributed by atoms with Crippen LogP contribution in [0.3, 0.4) is 0 Å². The maximum atomic E-state index is 12.0. The van der Waals surface area contributed by atoms with E-state index in [2.05, 4.69) is 5.32 Å². The Morgan fingerprint density at radius 3 is 2.82 bits per heavy atom. The van der Waals surface area contributed by atoms with Crippen molar-refractivity contribution in [2.45, 2.75) is 39.0 Å². The van der Waals surface area contributed by atoms with Gasteiger partial charge in [-0.1, -0.05) is 12.8 Å². The minimum absolute atomic E-state index is 0.199. The summed E-state index contributed by atoms with van der Waals surface area (Å²) in [4.78, 5) is 12.0. The molecule has 0 aromatic rings. The second-order valence-electron chi connectivity index (χ2n) is 6.46. The van der Waals surface area contributed by atoms with Crippen LogP contribution < -0.4 is 5.32 Å². The summed E-state index contributed by atoms with van der Waals surface area (Å²) < 4.78 is 5.14. The first-order chi connectivity index (χ1) is 8.19. The van der Waals surface area contributed by atoms with Crippen molar-refractivity contribution >= 4 is 5.91 Å². The highest BCUT2D eigenvalue weighted by atomic mass is 16.5. The maximum Gasteiger partial charge on any atom is 0.230 e. The molecule has 2 aliphatic carbocycles. The minimum atomic E-state index is -0.242. The summed E-state index contributed by atoms with van der Waals surface area (Å²) >= 11 is 0. The molecule has 3 fully saturated rings. The molecule has 0 aromatic heterocycles. The van der Waals surface area contributed by atoms with Crippen LogP contribution in [0.4, 0.5) is 0 Å². The fourth-order valence-corrected chi connectivity index (χ4v) is 3.92. The first-order valence-electron chi connectivity index (χ1n) is 7.05. The summed E-state index contributed by atoms with van der Waals surface area (Å²) in [5.74, 6) is 2.82. The Kier molecular flexibility index (Phi) is 2.89. The Morgan fingerprint density at radius 1 is 1.29 bits per heavy atom. The number of nitrogens with one attached hydrogen (secondary N) is 1. The topological polar surface area (TPSA) is 38.3 Å². The fraction of sp³-hybridized carbons (Fsp3) is 0.929. The predicted molar refractivity (Wildman–Crippen MR) is 65.5 cm³/mol. The molecule has 1 saturated heterocycles. The van der Waals surface area contributed by atoms with Crippen LogP contribution in [-0.2, 0) is 9.53 Å². The number of amides is 1. The molecule has 1 N–H and O–H groups in total. The lowest BCUT2D eigenvalue weighted by Gasteiger charge is -2.36. The first-order valence-corrected chi connectivity index (χ1v) is 7.05. The molecule has 1 heterocycles. The molecule has 0 radical (unpaired) electrons. The van der Waals surface area contributed by atoms with E-state index in [1.807, 2.05) is 6.92 Å². The van der Waals surface area contributed by atoms with E-state index >= 15 is 0 Å². The van der Waals surface area contributed by atoms with E-state index in [0.717, 1.165) is 24.3 Å². The van der Waals surface area contributed by atoms with Crippen LogP contribution >= 0.6 is 0 Å². The van der Waals surface area contributed by atoms with Crippen molar-refractivity contribution in [3.05, 3.63) is 0 Å². The standard InChI is InChI=1S/C14H23NO2/c1-14(8-17-9-14)13(16)15-7-11-6-5-10-3-2-4-12(10)11/h10-12H,2-9H2,1H3,(H,15,16)/t10-,11+,12-/m0/s1. The van der Waals surface area contributed by atoms with Gasteiger partial charge in [0.1, 0.15) is 0 Å². The van der Waals surface area contributed by atoms with E-state index in [1.54, 1.807) is 0 Å². The van der Waals surface area contributed by atoms with Crippen molar-refractivity contribution in [1.29, 1.82) is 0 Å². The lowest BCUT2D eigenvalue weighted by atomic mass is 9.87. The molecule has 3 nitrogen and oxygen atoms in total. The Morgan fingerprint density at radius 2 is 2.12 bits per heavy atom. The normalized spacial score (nSPS) is 38.5. The molecule has 0 spiro atoms.